The van der Waals surface area contributed by atoms with Crippen molar-refractivity contribution in [2.75, 3.05) is 13.2 Å². The molecule has 0 fully saturated rings. The Morgan fingerprint density at radius 1 is 0.311 bits per heavy atom. The van der Waals surface area contributed by atoms with E-state index in [0.717, 1.165) is 77.0 Å². The van der Waals surface area contributed by atoms with E-state index in [1.165, 1.54) is 161 Å². The zero-order valence-electron chi connectivity index (χ0n) is 40.7. The van der Waals surface area contributed by atoms with Crippen LogP contribution in [0.15, 0.2) is 36.5 Å². The van der Waals surface area contributed by atoms with Gasteiger partial charge in [0.05, 0.1) is 0 Å². The Morgan fingerprint density at radius 2 is 0.541 bits per heavy atom. The van der Waals surface area contributed by atoms with Crippen LogP contribution in [0, 0.1) is 0 Å². The molecule has 0 radical (unpaired) electrons. The van der Waals surface area contributed by atoms with Crippen LogP contribution in [0.25, 0.3) is 0 Å². The van der Waals surface area contributed by atoms with Gasteiger partial charge in [0.25, 0.3) is 0 Å². The molecule has 0 amide bonds. The monoisotopic (exact) mass is 857 g/mol. The lowest BCUT2D eigenvalue weighted by atomic mass is 10.1. The second-order valence-corrected chi connectivity index (χ2v) is 17.8. The molecule has 0 aliphatic rings. The Labute approximate surface area is 378 Å². The van der Waals surface area contributed by atoms with Gasteiger partial charge in [-0.3, -0.25) is 14.4 Å². The minimum Gasteiger partial charge on any atom is -0.462 e. The summed E-state index contributed by atoms with van der Waals surface area (Å²) in [5.41, 5.74) is 0. The molecule has 356 valence electrons. The molecule has 0 rings (SSSR count). The largest absolute Gasteiger partial charge is 0.462 e. The molecule has 0 aromatic rings. The third-order valence-electron chi connectivity index (χ3n) is 11.6. The minimum absolute atomic E-state index is 0.0788. The lowest BCUT2D eigenvalue weighted by Crippen LogP contribution is -2.30. The van der Waals surface area contributed by atoms with Crippen molar-refractivity contribution in [1.29, 1.82) is 0 Å². The Bertz CT molecular complexity index is 1030. The van der Waals surface area contributed by atoms with Crippen molar-refractivity contribution in [2.24, 2.45) is 0 Å². The third-order valence-corrected chi connectivity index (χ3v) is 11.6. The Morgan fingerprint density at radius 3 is 0.836 bits per heavy atom. The molecule has 0 unspecified atom stereocenters. The van der Waals surface area contributed by atoms with Crippen molar-refractivity contribution in [1.82, 2.24) is 0 Å². The van der Waals surface area contributed by atoms with E-state index < -0.39 is 6.10 Å². The highest BCUT2D eigenvalue weighted by Gasteiger charge is 2.19. The molecule has 0 saturated carbocycles. The first-order chi connectivity index (χ1) is 30.0. The normalized spacial score (nSPS) is 12.2. The number of carbonyl (C=O) groups is 3. The summed E-state index contributed by atoms with van der Waals surface area (Å²) in [6.45, 7) is 6.60. The second kappa shape index (κ2) is 50.3. The fraction of sp³-hybridized carbons (Fsp3) is 0.836. The molecule has 0 aromatic carbocycles. The van der Waals surface area contributed by atoms with Gasteiger partial charge in [-0.25, -0.2) is 0 Å². The second-order valence-electron chi connectivity index (χ2n) is 17.8. The zero-order chi connectivity index (χ0) is 44.4. The molecule has 0 aliphatic carbocycles. The van der Waals surface area contributed by atoms with Crippen molar-refractivity contribution in [3.8, 4) is 0 Å². The number of hydrogen-bond donors (Lipinski definition) is 0. The standard InChI is InChI=1S/C55H100O6/c1-4-7-10-13-16-19-22-25-26-27-28-31-33-36-39-42-45-48-54(57)60-51-52(61-55(58)49-46-43-40-37-34-30-24-21-18-15-12-9-6-3)50-59-53(56)47-44-41-38-35-32-29-23-20-17-14-11-8-5-2/h20-21,23-26,52H,4-19,22,27-51H2,1-3H3/b23-20-,24-21-,26-25-/t52-/m1/s1. The minimum atomic E-state index is -0.778. The molecule has 0 spiro atoms. The number of hydrogen-bond acceptors (Lipinski definition) is 6. The van der Waals surface area contributed by atoms with Crippen LogP contribution in [-0.2, 0) is 28.6 Å². The van der Waals surface area contributed by atoms with Crippen LogP contribution in [0.2, 0.25) is 0 Å². The molecule has 0 saturated heterocycles. The SMILES string of the molecule is CCCCCC/C=C\CCCCCCCC(=O)OC[C@H](COC(=O)CCCCCCCCC/C=C\CCCCCCCC)OC(=O)CCCCCCC/C=C\CCCCCC. The first kappa shape index (κ1) is 58.6. The van der Waals surface area contributed by atoms with Gasteiger partial charge in [-0.2, -0.15) is 0 Å². The zero-order valence-corrected chi connectivity index (χ0v) is 40.7. The number of ether oxygens (including phenoxy) is 3. The number of rotatable bonds is 48. The van der Waals surface area contributed by atoms with Gasteiger partial charge >= 0.3 is 17.9 Å². The van der Waals surface area contributed by atoms with Crippen LogP contribution in [0.1, 0.15) is 278 Å². The molecule has 61 heavy (non-hydrogen) atoms. The van der Waals surface area contributed by atoms with E-state index in [2.05, 4.69) is 57.2 Å². The molecule has 0 aromatic heterocycles. The van der Waals surface area contributed by atoms with Crippen molar-refractivity contribution >= 4 is 17.9 Å². The summed E-state index contributed by atoms with van der Waals surface area (Å²) >= 11 is 0. The highest BCUT2D eigenvalue weighted by atomic mass is 16.6. The van der Waals surface area contributed by atoms with Gasteiger partial charge < -0.3 is 14.2 Å². The molecule has 1 atom stereocenters. The van der Waals surface area contributed by atoms with Gasteiger partial charge in [0.15, 0.2) is 6.10 Å². The number of allylic oxidation sites excluding steroid dienone is 6. The number of carbonyl (C=O) groups excluding carboxylic acids is 3. The maximum absolute atomic E-state index is 12.8. The summed E-state index contributed by atoms with van der Waals surface area (Å²) in [7, 11) is 0. The van der Waals surface area contributed by atoms with Crippen LogP contribution in [-0.4, -0.2) is 37.2 Å². The number of esters is 3. The molecule has 0 aliphatic heterocycles. The van der Waals surface area contributed by atoms with Crippen molar-refractivity contribution in [2.45, 2.75) is 284 Å². The Hall–Kier alpha value is -2.37. The molecule has 6 heteroatoms. The predicted octanol–water partition coefficient (Wildman–Crippen LogP) is 17.3. The highest BCUT2D eigenvalue weighted by Crippen LogP contribution is 2.15. The van der Waals surface area contributed by atoms with Crippen LogP contribution in [0.4, 0.5) is 0 Å². The van der Waals surface area contributed by atoms with E-state index in [-0.39, 0.29) is 31.1 Å². The van der Waals surface area contributed by atoms with Gasteiger partial charge in [-0.05, 0) is 96.3 Å². The molecular formula is C55H100O6. The Kier molecular flexibility index (Phi) is 48.3. The van der Waals surface area contributed by atoms with Crippen molar-refractivity contribution in [3.05, 3.63) is 36.5 Å². The van der Waals surface area contributed by atoms with Crippen LogP contribution >= 0.6 is 0 Å². The van der Waals surface area contributed by atoms with Crippen LogP contribution < -0.4 is 0 Å². The smallest absolute Gasteiger partial charge is 0.306 e. The van der Waals surface area contributed by atoms with Gasteiger partial charge in [-0.1, -0.05) is 198 Å². The van der Waals surface area contributed by atoms with E-state index in [1.54, 1.807) is 0 Å². The quantitative estimate of drug-likeness (QED) is 0.0262. The number of unbranched alkanes of at least 4 members (excludes halogenated alkanes) is 31. The summed E-state index contributed by atoms with van der Waals surface area (Å²) in [5.74, 6) is -0.891. The van der Waals surface area contributed by atoms with Crippen molar-refractivity contribution < 1.29 is 28.6 Å². The predicted molar refractivity (Wildman–Crippen MR) is 261 cm³/mol. The van der Waals surface area contributed by atoms with Gasteiger partial charge in [-0.15, -0.1) is 0 Å². The molecule has 6 nitrogen and oxygen atoms in total. The summed E-state index contributed by atoms with van der Waals surface area (Å²) in [4.78, 5) is 38.0. The van der Waals surface area contributed by atoms with Gasteiger partial charge in [0.2, 0.25) is 0 Å². The summed E-state index contributed by atoms with van der Waals surface area (Å²) in [6, 6.07) is 0. The van der Waals surface area contributed by atoms with E-state index in [0.29, 0.717) is 19.3 Å². The van der Waals surface area contributed by atoms with Crippen molar-refractivity contribution in [3.63, 3.8) is 0 Å². The van der Waals surface area contributed by atoms with E-state index in [4.69, 9.17) is 14.2 Å². The molecule has 0 N–H and O–H groups in total. The lowest BCUT2D eigenvalue weighted by molar-refractivity contribution is -0.167. The van der Waals surface area contributed by atoms with Gasteiger partial charge in [0.1, 0.15) is 13.2 Å². The summed E-state index contributed by atoms with van der Waals surface area (Å²) in [6.07, 6.45) is 58.4. The first-order valence-corrected chi connectivity index (χ1v) is 26.5. The fourth-order valence-electron chi connectivity index (χ4n) is 7.54. The summed E-state index contributed by atoms with van der Waals surface area (Å²) in [5, 5.41) is 0. The van der Waals surface area contributed by atoms with E-state index in [1.807, 2.05) is 0 Å². The topological polar surface area (TPSA) is 78.9 Å². The average Bonchev–Trinajstić information content (AvgIpc) is 3.26. The third kappa shape index (κ3) is 48.5. The highest BCUT2D eigenvalue weighted by molar-refractivity contribution is 5.71. The fourth-order valence-corrected chi connectivity index (χ4v) is 7.54. The summed E-state index contributed by atoms with van der Waals surface area (Å²) < 4.78 is 16.8. The Balaban J connectivity index is 4.36. The average molecular weight is 857 g/mol. The van der Waals surface area contributed by atoms with E-state index >= 15 is 0 Å². The molecule has 0 bridgehead atoms. The van der Waals surface area contributed by atoms with Crippen LogP contribution in [0.3, 0.4) is 0 Å². The van der Waals surface area contributed by atoms with Gasteiger partial charge in [0, 0.05) is 19.3 Å². The molecule has 0 heterocycles. The maximum atomic E-state index is 12.8. The maximum Gasteiger partial charge on any atom is 0.306 e. The first-order valence-electron chi connectivity index (χ1n) is 26.5. The van der Waals surface area contributed by atoms with Crippen LogP contribution in [0.5, 0.6) is 0 Å². The van der Waals surface area contributed by atoms with E-state index in [9.17, 15) is 14.4 Å². The lowest BCUT2D eigenvalue weighted by Gasteiger charge is -2.18. The molecular weight excluding hydrogens is 757 g/mol.